The first-order chi connectivity index (χ1) is 11.7. The topological polar surface area (TPSA) is 65.4 Å². The van der Waals surface area contributed by atoms with Crippen molar-refractivity contribution in [2.24, 2.45) is 0 Å². The molecule has 24 heavy (non-hydrogen) atoms. The molecule has 3 rings (SSSR count). The maximum absolute atomic E-state index is 12.1. The van der Waals surface area contributed by atoms with Crippen molar-refractivity contribution in [3.05, 3.63) is 35.9 Å². The Morgan fingerprint density at radius 2 is 2.08 bits per heavy atom. The van der Waals surface area contributed by atoms with Gasteiger partial charge in [0.05, 0.1) is 19.3 Å². The quantitative estimate of drug-likeness (QED) is 0.848. The van der Waals surface area contributed by atoms with Crippen LogP contribution in [0.2, 0.25) is 0 Å². The standard InChI is InChI=1S/C18H21N3O2S/c19-13-18(7-12-24-14-18)20-17(22)6-3-15-1-4-16(5-2-15)21-8-10-23-11-9-21/h1-6H,7-12,14H2,(H,20,22)/b6-3+. The van der Waals surface area contributed by atoms with E-state index < -0.39 is 5.54 Å². The normalized spacial score (nSPS) is 24.0. The number of rotatable bonds is 4. The van der Waals surface area contributed by atoms with Crippen LogP contribution in [0.5, 0.6) is 0 Å². The molecule has 1 aromatic rings. The molecule has 126 valence electrons. The molecule has 0 spiro atoms. The molecule has 2 fully saturated rings. The van der Waals surface area contributed by atoms with Crippen LogP contribution in [0.4, 0.5) is 5.69 Å². The van der Waals surface area contributed by atoms with Crippen LogP contribution >= 0.6 is 11.8 Å². The summed E-state index contributed by atoms with van der Waals surface area (Å²) in [7, 11) is 0. The van der Waals surface area contributed by atoms with Gasteiger partial charge in [0.25, 0.3) is 0 Å². The molecule has 6 heteroatoms. The molecule has 0 aromatic heterocycles. The molecule has 5 nitrogen and oxygen atoms in total. The maximum atomic E-state index is 12.1. The average Bonchev–Trinajstić information content (AvgIpc) is 3.10. The fourth-order valence-electron chi connectivity index (χ4n) is 2.85. The summed E-state index contributed by atoms with van der Waals surface area (Å²) in [5.74, 6) is 1.37. The first-order valence-corrected chi connectivity index (χ1v) is 9.28. The van der Waals surface area contributed by atoms with Gasteiger partial charge < -0.3 is 15.0 Å². The summed E-state index contributed by atoms with van der Waals surface area (Å²) in [5, 5.41) is 12.1. The fourth-order valence-corrected chi connectivity index (χ4v) is 4.11. The van der Waals surface area contributed by atoms with Crippen molar-refractivity contribution in [2.75, 3.05) is 42.7 Å². The van der Waals surface area contributed by atoms with E-state index in [2.05, 4.69) is 28.4 Å². The summed E-state index contributed by atoms with van der Waals surface area (Å²) in [6, 6.07) is 10.4. The lowest BCUT2D eigenvalue weighted by molar-refractivity contribution is -0.117. The van der Waals surface area contributed by atoms with Gasteiger partial charge in [0.15, 0.2) is 0 Å². The zero-order valence-corrected chi connectivity index (χ0v) is 14.3. The summed E-state index contributed by atoms with van der Waals surface area (Å²) >= 11 is 1.70. The molecule has 1 aromatic carbocycles. The van der Waals surface area contributed by atoms with E-state index in [0.29, 0.717) is 12.2 Å². The monoisotopic (exact) mass is 343 g/mol. The first kappa shape index (κ1) is 16.9. The predicted molar refractivity (Wildman–Crippen MR) is 96.9 cm³/mol. The molecule has 1 N–H and O–H groups in total. The van der Waals surface area contributed by atoms with Gasteiger partial charge in [-0.3, -0.25) is 4.79 Å². The van der Waals surface area contributed by atoms with Gasteiger partial charge in [-0.15, -0.1) is 0 Å². The van der Waals surface area contributed by atoms with E-state index in [1.54, 1.807) is 17.8 Å². The second-order valence-electron chi connectivity index (χ2n) is 6.01. The van der Waals surface area contributed by atoms with Crippen LogP contribution in [0.3, 0.4) is 0 Å². The van der Waals surface area contributed by atoms with Crippen molar-refractivity contribution in [3.63, 3.8) is 0 Å². The van der Waals surface area contributed by atoms with Gasteiger partial charge in [-0.2, -0.15) is 17.0 Å². The van der Waals surface area contributed by atoms with Crippen LogP contribution in [0.15, 0.2) is 30.3 Å². The van der Waals surface area contributed by atoms with Gasteiger partial charge in [-0.05, 0) is 35.9 Å². The third kappa shape index (κ3) is 4.11. The van der Waals surface area contributed by atoms with E-state index >= 15 is 0 Å². The minimum Gasteiger partial charge on any atom is -0.378 e. The number of morpholine rings is 1. The van der Waals surface area contributed by atoms with Crippen LogP contribution in [-0.4, -0.2) is 49.3 Å². The van der Waals surface area contributed by atoms with Crippen molar-refractivity contribution >= 4 is 29.4 Å². The number of thioether (sulfide) groups is 1. The fraction of sp³-hybridized carbons (Fsp3) is 0.444. The first-order valence-electron chi connectivity index (χ1n) is 8.13. The van der Waals surface area contributed by atoms with Crippen LogP contribution in [-0.2, 0) is 9.53 Å². The van der Waals surface area contributed by atoms with E-state index in [1.807, 2.05) is 12.1 Å². The number of carbonyl (C=O) groups excluding carboxylic acids is 1. The van der Waals surface area contributed by atoms with Crippen molar-refractivity contribution in [2.45, 2.75) is 12.0 Å². The molecule has 2 aliphatic rings. The molecule has 2 saturated heterocycles. The van der Waals surface area contributed by atoms with Crippen LogP contribution in [0.1, 0.15) is 12.0 Å². The highest BCUT2D eigenvalue weighted by molar-refractivity contribution is 7.99. The zero-order valence-electron chi connectivity index (χ0n) is 13.5. The van der Waals surface area contributed by atoms with Gasteiger partial charge >= 0.3 is 0 Å². The van der Waals surface area contributed by atoms with E-state index in [1.165, 1.54) is 11.8 Å². The summed E-state index contributed by atoms with van der Waals surface area (Å²) < 4.78 is 5.36. The number of ether oxygens (including phenoxy) is 1. The minimum absolute atomic E-state index is 0.212. The van der Waals surface area contributed by atoms with Crippen molar-refractivity contribution in [1.29, 1.82) is 5.26 Å². The van der Waals surface area contributed by atoms with Gasteiger partial charge in [0.2, 0.25) is 5.91 Å². The highest BCUT2D eigenvalue weighted by Crippen LogP contribution is 2.27. The highest BCUT2D eigenvalue weighted by Gasteiger charge is 2.35. The Morgan fingerprint density at radius 1 is 1.33 bits per heavy atom. The molecule has 0 radical (unpaired) electrons. The molecule has 0 bridgehead atoms. The van der Waals surface area contributed by atoms with Crippen LogP contribution in [0.25, 0.3) is 6.08 Å². The largest absolute Gasteiger partial charge is 0.378 e. The number of amides is 1. The third-order valence-corrected chi connectivity index (χ3v) is 5.48. The molecule has 2 heterocycles. The van der Waals surface area contributed by atoms with Crippen LogP contribution in [0, 0.1) is 11.3 Å². The molecule has 2 aliphatic heterocycles. The molecule has 1 amide bonds. The molecule has 0 saturated carbocycles. The Labute approximate surface area is 146 Å². The lowest BCUT2D eigenvalue weighted by Crippen LogP contribution is -2.46. The smallest absolute Gasteiger partial charge is 0.245 e. The average molecular weight is 343 g/mol. The Bertz CT molecular complexity index is 639. The minimum atomic E-state index is -0.702. The molecule has 1 unspecified atom stereocenters. The van der Waals surface area contributed by atoms with E-state index in [9.17, 15) is 10.1 Å². The van der Waals surface area contributed by atoms with Gasteiger partial charge in [0, 0.05) is 30.6 Å². The van der Waals surface area contributed by atoms with Crippen molar-refractivity contribution in [3.8, 4) is 6.07 Å². The number of nitrogens with zero attached hydrogens (tertiary/aromatic N) is 2. The maximum Gasteiger partial charge on any atom is 0.245 e. The SMILES string of the molecule is N#CC1(NC(=O)/C=C/c2ccc(N3CCOCC3)cc2)CCSC1. The van der Waals surface area contributed by atoms with Crippen molar-refractivity contribution < 1.29 is 9.53 Å². The number of hydrogen-bond acceptors (Lipinski definition) is 5. The number of nitriles is 1. The Morgan fingerprint density at radius 3 is 2.71 bits per heavy atom. The third-order valence-electron chi connectivity index (χ3n) is 4.29. The number of anilines is 1. The number of carbonyl (C=O) groups is 1. The summed E-state index contributed by atoms with van der Waals surface area (Å²) in [4.78, 5) is 14.4. The zero-order chi connectivity index (χ0) is 16.8. The number of benzene rings is 1. The van der Waals surface area contributed by atoms with E-state index in [4.69, 9.17) is 4.74 Å². The summed E-state index contributed by atoms with van der Waals surface area (Å²) in [6.07, 6.45) is 4.00. The number of nitrogens with one attached hydrogen (secondary N) is 1. The predicted octanol–water partition coefficient (Wildman–Crippen LogP) is 2.05. The molecule has 1 atom stereocenters. The van der Waals surface area contributed by atoms with Crippen molar-refractivity contribution in [1.82, 2.24) is 5.32 Å². The second-order valence-corrected chi connectivity index (χ2v) is 7.12. The number of hydrogen-bond donors (Lipinski definition) is 1. The molecule has 0 aliphatic carbocycles. The lowest BCUT2D eigenvalue weighted by Gasteiger charge is -2.28. The van der Waals surface area contributed by atoms with E-state index in [0.717, 1.165) is 37.6 Å². The lowest BCUT2D eigenvalue weighted by atomic mass is 10.0. The van der Waals surface area contributed by atoms with Gasteiger partial charge in [-0.25, -0.2) is 0 Å². The molecular weight excluding hydrogens is 322 g/mol. The summed E-state index contributed by atoms with van der Waals surface area (Å²) in [5.41, 5.74) is 1.44. The van der Waals surface area contributed by atoms with Gasteiger partial charge in [0.1, 0.15) is 5.54 Å². The molecular formula is C18H21N3O2S. The second kappa shape index (κ2) is 7.73. The Balaban J connectivity index is 1.58. The Hall–Kier alpha value is -1.97. The van der Waals surface area contributed by atoms with Gasteiger partial charge in [-0.1, -0.05) is 12.1 Å². The van der Waals surface area contributed by atoms with E-state index in [-0.39, 0.29) is 5.91 Å². The Kier molecular flexibility index (Phi) is 5.44. The van der Waals surface area contributed by atoms with Crippen LogP contribution < -0.4 is 10.2 Å². The summed E-state index contributed by atoms with van der Waals surface area (Å²) in [6.45, 7) is 3.35. The highest BCUT2D eigenvalue weighted by atomic mass is 32.2.